The zero-order chi connectivity index (χ0) is 18.6. The van der Waals surface area contributed by atoms with Crippen LogP contribution in [0.3, 0.4) is 0 Å². The second kappa shape index (κ2) is 12.3. The summed E-state index contributed by atoms with van der Waals surface area (Å²) in [7, 11) is 1.81. The lowest BCUT2D eigenvalue weighted by molar-refractivity contribution is 0.0411. The van der Waals surface area contributed by atoms with E-state index in [2.05, 4.69) is 39.8 Å². The summed E-state index contributed by atoms with van der Waals surface area (Å²) in [5.74, 6) is 1.33. The quantitative estimate of drug-likeness (QED) is 0.288. The van der Waals surface area contributed by atoms with Crippen molar-refractivity contribution in [3.8, 4) is 0 Å². The van der Waals surface area contributed by atoms with Gasteiger partial charge in [0.1, 0.15) is 5.01 Å². The maximum Gasteiger partial charge on any atom is 0.191 e. The van der Waals surface area contributed by atoms with Gasteiger partial charge in [-0.15, -0.1) is 11.3 Å². The van der Waals surface area contributed by atoms with E-state index in [4.69, 9.17) is 4.74 Å². The van der Waals surface area contributed by atoms with E-state index in [9.17, 15) is 0 Å². The Morgan fingerprint density at radius 1 is 1.23 bits per heavy atom. The standard InChI is InChI=1S/C20H36N4OS/c1-16(2)18-15-26-19(24-18)14-23-20(21-3)22-12-8-9-13-25-17-10-6-4-5-7-11-17/h15-17H,4-14H2,1-3H3,(H2,21,22,23). The van der Waals surface area contributed by atoms with Gasteiger partial charge >= 0.3 is 0 Å². The molecule has 1 aliphatic rings. The van der Waals surface area contributed by atoms with Gasteiger partial charge in [-0.25, -0.2) is 4.98 Å². The van der Waals surface area contributed by atoms with Gasteiger partial charge < -0.3 is 15.4 Å². The van der Waals surface area contributed by atoms with Gasteiger partial charge in [0.25, 0.3) is 0 Å². The third-order valence-corrected chi connectivity index (χ3v) is 5.68. The first-order valence-corrected chi connectivity index (χ1v) is 11.1. The molecular formula is C20H36N4OS. The van der Waals surface area contributed by atoms with Gasteiger partial charge in [-0.1, -0.05) is 39.5 Å². The van der Waals surface area contributed by atoms with Gasteiger partial charge in [-0.3, -0.25) is 4.99 Å². The van der Waals surface area contributed by atoms with Crippen molar-refractivity contribution in [1.82, 2.24) is 15.6 Å². The Bertz CT molecular complexity index is 522. The highest BCUT2D eigenvalue weighted by Crippen LogP contribution is 2.20. The summed E-state index contributed by atoms with van der Waals surface area (Å²) in [6.45, 7) is 6.87. The molecule has 0 saturated heterocycles. The molecule has 0 spiro atoms. The van der Waals surface area contributed by atoms with E-state index in [0.29, 0.717) is 12.0 Å². The number of aliphatic imine (C=N–C) groups is 1. The van der Waals surface area contributed by atoms with Gasteiger partial charge in [0.05, 0.1) is 18.3 Å². The molecule has 26 heavy (non-hydrogen) atoms. The molecule has 1 aromatic rings. The molecule has 1 aromatic heterocycles. The highest BCUT2D eigenvalue weighted by atomic mass is 32.1. The average Bonchev–Trinajstić information content (AvgIpc) is 2.97. The topological polar surface area (TPSA) is 58.5 Å². The van der Waals surface area contributed by atoms with Gasteiger partial charge in [0.15, 0.2) is 5.96 Å². The number of unbranched alkanes of at least 4 members (excludes halogenated alkanes) is 1. The third kappa shape index (κ3) is 8.04. The van der Waals surface area contributed by atoms with Crippen LogP contribution in [0.5, 0.6) is 0 Å². The van der Waals surface area contributed by atoms with Crippen LogP contribution in [-0.4, -0.2) is 37.2 Å². The van der Waals surface area contributed by atoms with Crippen LogP contribution in [0, 0.1) is 0 Å². The van der Waals surface area contributed by atoms with Crippen molar-refractivity contribution >= 4 is 17.3 Å². The number of aromatic nitrogens is 1. The van der Waals surface area contributed by atoms with Gasteiger partial charge in [-0.05, 0) is 31.6 Å². The van der Waals surface area contributed by atoms with Crippen LogP contribution in [0.25, 0.3) is 0 Å². The molecule has 0 amide bonds. The van der Waals surface area contributed by atoms with Crippen molar-refractivity contribution in [3.05, 3.63) is 16.1 Å². The summed E-state index contributed by atoms with van der Waals surface area (Å²) in [6.07, 6.45) is 10.7. The van der Waals surface area contributed by atoms with Gasteiger partial charge in [0.2, 0.25) is 0 Å². The predicted octanol–water partition coefficient (Wildman–Crippen LogP) is 4.45. The molecule has 1 saturated carbocycles. The Kier molecular flexibility index (Phi) is 10.00. The zero-order valence-electron chi connectivity index (χ0n) is 16.7. The Balaban J connectivity index is 1.54. The van der Waals surface area contributed by atoms with Crippen molar-refractivity contribution in [3.63, 3.8) is 0 Å². The van der Waals surface area contributed by atoms with Crippen LogP contribution in [0.15, 0.2) is 10.4 Å². The summed E-state index contributed by atoms with van der Waals surface area (Å²) in [5.41, 5.74) is 1.17. The minimum absolute atomic E-state index is 0.484. The van der Waals surface area contributed by atoms with Crippen LogP contribution in [0.2, 0.25) is 0 Å². The Morgan fingerprint density at radius 3 is 2.65 bits per heavy atom. The van der Waals surface area contributed by atoms with E-state index < -0.39 is 0 Å². The van der Waals surface area contributed by atoms with Gasteiger partial charge in [-0.2, -0.15) is 0 Å². The predicted molar refractivity (Wildman–Crippen MR) is 111 cm³/mol. The maximum atomic E-state index is 6.04. The first-order valence-electron chi connectivity index (χ1n) is 10.2. The Morgan fingerprint density at radius 2 is 2.00 bits per heavy atom. The molecule has 2 rings (SSSR count). The first-order chi connectivity index (χ1) is 12.7. The molecule has 0 aromatic carbocycles. The molecule has 0 radical (unpaired) electrons. The molecule has 1 heterocycles. The lowest BCUT2D eigenvalue weighted by atomic mass is 10.1. The molecule has 0 atom stereocenters. The van der Waals surface area contributed by atoms with E-state index in [1.54, 1.807) is 11.3 Å². The highest BCUT2D eigenvalue weighted by Gasteiger charge is 2.12. The normalized spacial score (nSPS) is 16.7. The molecule has 6 heteroatoms. The summed E-state index contributed by atoms with van der Waals surface area (Å²) in [4.78, 5) is 8.93. The molecule has 148 valence electrons. The molecule has 1 fully saturated rings. The largest absolute Gasteiger partial charge is 0.378 e. The Labute approximate surface area is 163 Å². The fourth-order valence-electron chi connectivity index (χ4n) is 3.14. The van der Waals surface area contributed by atoms with Gasteiger partial charge in [0, 0.05) is 25.6 Å². The molecule has 0 unspecified atom stereocenters. The zero-order valence-corrected chi connectivity index (χ0v) is 17.5. The fraction of sp³-hybridized carbons (Fsp3) is 0.800. The average molecular weight is 381 g/mol. The number of ether oxygens (including phenoxy) is 1. The number of nitrogens with one attached hydrogen (secondary N) is 2. The molecule has 5 nitrogen and oxygen atoms in total. The smallest absolute Gasteiger partial charge is 0.191 e. The minimum Gasteiger partial charge on any atom is -0.378 e. The van der Waals surface area contributed by atoms with Crippen LogP contribution in [0.1, 0.15) is 81.8 Å². The van der Waals surface area contributed by atoms with Crippen molar-refractivity contribution < 1.29 is 4.74 Å². The van der Waals surface area contributed by atoms with Crippen molar-refractivity contribution in [2.75, 3.05) is 20.2 Å². The Hall–Kier alpha value is -1.14. The van der Waals surface area contributed by atoms with Crippen LogP contribution in [0.4, 0.5) is 0 Å². The van der Waals surface area contributed by atoms with E-state index in [0.717, 1.165) is 43.5 Å². The number of rotatable bonds is 9. The monoisotopic (exact) mass is 380 g/mol. The minimum atomic E-state index is 0.484. The highest BCUT2D eigenvalue weighted by molar-refractivity contribution is 7.09. The number of hydrogen-bond donors (Lipinski definition) is 2. The van der Waals surface area contributed by atoms with Crippen molar-refractivity contribution in [1.29, 1.82) is 0 Å². The maximum absolute atomic E-state index is 6.04. The molecule has 0 bridgehead atoms. The van der Waals surface area contributed by atoms with Crippen LogP contribution < -0.4 is 10.6 Å². The SMILES string of the molecule is CN=C(NCCCCOC1CCCCCC1)NCc1nc(C(C)C)cs1. The molecular weight excluding hydrogens is 344 g/mol. The number of guanidine groups is 1. The fourth-order valence-corrected chi connectivity index (χ4v) is 4.04. The second-order valence-electron chi connectivity index (χ2n) is 7.36. The lowest BCUT2D eigenvalue weighted by Crippen LogP contribution is -2.37. The summed E-state index contributed by atoms with van der Waals surface area (Å²) in [6, 6.07) is 0. The molecule has 1 aliphatic carbocycles. The summed E-state index contributed by atoms with van der Waals surface area (Å²) >= 11 is 1.71. The van der Waals surface area contributed by atoms with Crippen molar-refractivity contribution in [2.45, 2.75) is 83.8 Å². The van der Waals surface area contributed by atoms with Crippen molar-refractivity contribution in [2.24, 2.45) is 4.99 Å². The van der Waals surface area contributed by atoms with Crippen LogP contribution in [-0.2, 0) is 11.3 Å². The lowest BCUT2D eigenvalue weighted by Gasteiger charge is -2.15. The number of hydrogen-bond acceptors (Lipinski definition) is 4. The summed E-state index contributed by atoms with van der Waals surface area (Å²) in [5, 5.41) is 9.97. The first kappa shape index (κ1) is 21.2. The van der Waals surface area contributed by atoms with Crippen LogP contribution >= 0.6 is 11.3 Å². The van der Waals surface area contributed by atoms with E-state index in [1.165, 1.54) is 44.2 Å². The molecule has 0 aliphatic heterocycles. The third-order valence-electron chi connectivity index (χ3n) is 4.81. The second-order valence-corrected chi connectivity index (χ2v) is 8.31. The number of nitrogens with zero attached hydrogens (tertiary/aromatic N) is 2. The number of thiazole rings is 1. The summed E-state index contributed by atoms with van der Waals surface area (Å²) < 4.78 is 6.04. The van der Waals surface area contributed by atoms with E-state index in [-0.39, 0.29) is 0 Å². The van der Waals surface area contributed by atoms with E-state index >= 15 is 0 Å². The van der Waals surface area contributed by atoms with E-state index in [1.807, 2.05) is 7.05 Å². The molecule has 2 N–H and O–H groups in total.